The molecule has 2 fully saturated rings. The van der Waals surface area contributed by atoms with E-state index in [9.17, 15) is 0 Å². The zero-order valence-electron chi connectivity index (χ0n) is 9.68. The molecule has 0 amide bonds. The van der Waals surface area contributed by atoms with Crippen molar-refractivity contribution in [3.8, 4) is 0 Å². The molecule has 1 saturated heterocycles. The second-order valence-electron chi connectivity index (χ2n) is 5.17. The molecule has 86 valence electrons. The molecule has 2 heterocycles. The number of nitrogens with zero attached hydrogens (tertiary/aromatic N) is 3. The van der Waals surface area contributed by atoms with Gasteiger partial charge in [-0.3, -0.25) is 9.97 Å². The lowest BCUT2D eigenvalue weighted by Crippen LogP contribution is -2.36. The molecule has 0 aromatic carbocycles. The first-order chi connectivity index (χ1) is 7.92. The van der Waals surface area contributed by atoms with Crippen molar-refractivity contribution in [3.05, 3.63) is 24.3 Å². The molecular weight excluding hydrogens is 198 g/mol. The van der Waals surface area contributed by atoms with E-state index < -0.39 is 0 Å². The third-order valence-electron chi connectivity index (χ3n) is 3.72. The highest BCUT2D eigenvalue weighted by atomic mass is 15.1. The van der Waals surface area contributed by atoms with Crippen molar-refractivity contribution in [2.24, 2.45) is 5.92 Å². The number of rotatable bonds is 3. The number of aromatic nitrogens is 2. The highest BCUT2D eigenvalue weighted by Gasteiger charge is 2.28. The van der Waals surface area contributed by atoms with Crippen LogP contribution in [0.3, 0.4) is 0 Å². The fraction of sp³-hybridized carbons (Fsp3) is 0.692. The van der Waals surface area contributed by atoms with Gasteiger partial charge in [-0.05, 0) is 38.1 Å². The average molecular weight is 217 g/mol. The third-order valence-corrected chi connectivity index (χ3v) is 3.72. The van der Waals surface area contributed by atoms with Gasteiger partial charge < -0.3 is 4.90 Å². The molecule has 0 bridgehead atoms. The molecule has 1 unspecified atom stereocenters. The van der Waals surface area contributed by atoms with Gasteiger partial charge in [0.2, 0.25) is 0 Å². The van der Waals surface area contributed by atoms with Crippen LogP contribution in [0.1, 0.15) is 37.3 Å². The van der Waals surface area contributed by atoms with Crippen molar-refractivity contribution in [1.82, 2.24) is 14.9 Å². The Bertz CT molecular complexity index is 334. The summed E-state index contributed by atoms with van der Waals surface area (Å²) in [5.41, 5.74) is 1.18. The van der Waals surface area contributed by atoms with E-state index in [-0.39, 0.29) is 0 Å². The fourth-order valence-electron chi connectivity index (χ4n) is 2.65. The minimum Gasteiger partial charge on any atom is -0.302 e. The van der Waals surface area contributed by atoms with Gasteiger partial charge in [0, 0.05) is 37.6 Å². The molecule has 16 heavy (non-hydrogen) atoms. The standard InChI is InChI=1S/C13H19N3/c1-2-12(13-8-14-5-6-15-13)10-16(7-1)9-11-3-4-11/h5-6,8,11-12H,1-4,7,9-10H2. The highest BCUT2D eigenvalue weighted by molar-refractivity contribution is 5.05. The van der Waals surface area contributed by atoms with Gasteiger partial charge in [-0.2, -0.15) is 0 Å². The van der Waals surface area contributed by atoms with Crippen molar-refractivity contribution < 1.29 is 0 Å². The van der Waals surface area contributed by atoms with Gasteiger partial charge in [0.15, 0.2) is 0 Å². The Labute approximate surface area is 96.9 Å². The summed E-state index contributed by atoms with van der Waals surface area (Å²) in [5, 5.41) is 0. The summed E-state index contributed by atoms with van der Waals surface area (Å²) in [6.07, 6.45) is 11.0. The van der Waals surface area contributed by atoms with Gasteiger partial charge >= 0.3 is 0 Å². The summed E-state index contributed by atoms with van der Waals surface area (Å²) < 4.78 is 0. The molecule has 1 aromatic rings. The van der Waals surface area contributed by atoms with Gasteiger partial charge in [0.25, 0.3) is 0 Å². The van der Waals surface area contributed by atoms with Crippen LogP contribution in [0.4, 0.5) is 0 Å². The molecule has 1 saturated carbocycles. The summed E-state index contributed by atoms with van der Waals surface area (Å²) in [5.74, 6) is 1.61. The molecule has 3 heteroatoms. The largest absolute Gasteiger partial charge is 0.302 e. The molecule has 1 atom stereocenters. The predicted molar refractivity (Wildman–Crippen MR) is 63.2 cm³/mol. The maximum absolute atomic E-state index is 4.44. The van der Waals surface area contributed by atoms with Crippen LogP contribution in [0.25, 0.3) is 0 Å². The van der Waals surface area contributed by atoms with E-state index in [4.69, 9.17) is 0 Å². The number of hydrogen-bond donors (Lipinski definition) is 0. The Balaban J connectivity index is 1.62. The molecule has 3 rings (SSSR count). The van der Waals surface area contributed by atoms with Crippen LogP contribution >= 0.6 is 0 Å². The second-order valence-corrected chi connectivity index (χ2v) is 5.17. The fourth-order valence-corrected chi connectivity index (χ4v) is 2.65. The molecule has 1 aliphatic heterocycles. The number of likely N-dealkylation sites (tertiary alicyclic amines) is 1. The van der Waals surface area contributed by atoms with E-state index in [1.165, 1.54) is 51.0 Å². The van der Waals surface area contributed by atoms with E-state index in [1.54, 1.807) is 6.20 Å². The molecule has 0 radical (unpaired) electrons. The lowest BCUT2D eigenvalue weighted by Gasteiger charge is -2.32. The van der Waals surface area contributed by atoms with E-state index in [1.807, 2.05) is 12.4 Å². The monoisotopic (exact) mass is 217 g/mol. The molecule has 1 aliphatic carbocycles. The number of hydrogen-bond acceptors (Lipinski definition) is 3. The van der Waals surface area contributed by atoms with Crippen molar-refractivity contribution in [2.45, 2.75) is 31.6 Å². The quantitative estimate of drug-likeness (QED) is 0.776. The van der Waals surface area contributed by atoms with Gasteiger partial charge in [0.05, 0.1) is 5.69 Å². The van der Waals surface area contributed by atoms with Crippen LogP contribution in [0, 0.1) is 5.92 Å². The molecule has 0 N–H and O–H groups in total. The average Bonchev–Trinajstić information content (AvgIpc) is 3.15. The van der Waals surface area contributed by atoms with Crippen molar-refractivity contribution in [2.75, 3.05) is 19.6 Å². The SMILES string of the molecule is c1cnc(C2CCCN(CC3CC3)C2)cn1. The van der Waals surface area contributed by atoms with Gasteiger partial charge in [-0.15, -0.1) is 0 Å². The Hall–Kier alpha value is -0.960. The maximum Gasteiger partial charge on any atom is 0.0630 e. The smallest absolute Gasteiger partial charge is 0.0630 e. The van der Waals surface area contributed by atoms with E-state index >= 15 is 0 Å². The number of piperidine rings is 1. The van der Waals surface area contributed by atoms with Crippen molar-refractivity contribution in [3.63, 3.8) is 0 Å². The Morgan fingerprint density at radius 3 is 2.94 bits per heavy atom. The van der Waals surface area contributed by atoms with E-state index in [0.717, 1.165) is 5.92 Å². The molecular formula is C13H19N3. The van der Waals surface area contributed by atoms with Crippen LogP contribution in [-0.4, -0.2) is 34.5 Å². The van der Waals surface area contributed by atoms with Gasteiger partial charge in [0.1, 0.15) is 0 Å². The summed E-state index contributed by atoms with van der Waals surface area (Å²) in [7, 11) is 0. The molecule has 3 nitrogen and oxygen atoms in total. The summed E-state index contributed by atoms with van der Waals surface area (Å²) in [6, 6.07) is 0. The summed E-state index contributed by atoms with van der Waals surface area (Å²) >= 11 is 0. The Morgan fingerprint density at radius 2 is 2.19 bits per heavy atom. The summed E-state index contributed by atoms with van der Waals surface area (Å²) in [4.78, 5) is 11.2. The highest BCUT2D eigenvalue weighted by Crippen LogP contribution is 2.32. The van der Waals surface area contributed by atoms with Crippen LogP contribution < -0.4 is 0 Å². The normalized spacial score (nSPS) is 26.9. The zero-order valence-corrected chi connectivity index (χ0v) is 9.68. The minimum atomic E-state index is 0.612. The first-order valence-electron chi connectivity index (χ1n) is 6.40. The van der Waals surface area contributed by atoms with Crippen molar-refractivity contribution in [1.29, 1.82) is 0 Å². The molecule has 0 spiro atoms. The zero-order chi connectivity index (χ0) is 10.8. The summed E-state index contributed by atoms with van der Waals surface area (Å²) in [6.45, 7) is 3.79. The van der Waals surface area contributed by atoms with Crippen molar-refractivity contribution >= 4 is 0 Å². The third kappa shape index (κ3) is 2.40. The lowest BCUT2D eigenvalue weighted by atomic mass is 9.95. The Kier molecular flexibility index (Phi) is 2.87. The first-order valence-corrected chi connectivity index (χ1v) is 6.40. The van der Waals surface area contributed by atoms with Gasteiger partial charge in [-0.25, -0.2) is 0 Å². The maximum atomic E-state index is 4.44. The van der Waals surface area contributed by atoms with E-state index in [0.29, 0.717) is 5.92 Å². The topological polar surface area (TPSA) is 29.0 Å². The van der Waals surface area contributed by atoms with Crippen LogP contribution in [0.2, 0.25) is 0 Å². The van der Waals surface area contributed by atoms with Gasteiger partial charge in [-0.1, -0.05) is 0 Å². The van der Waals surface area contributed by atoms with Crippen LogP contribution in [0.15, 0.2) is 18.6 Å². The second kappa shape index (κ2) is 4.50. The minimum absolute atomic E-state index is 0.612. The molecule has 1 aromatic heterocycles. The van der Waals surface area contributed by atoms with Crippen LogP contribution in [-0.2, 0) is 0 Å². The molecule has 2 aliphatic rings. The Morgan fingerprint density at radius 1 is 1.25 bits per heavy atom. The van der Waals surface area contributed by atoms with Crippen LogP contribution in [0.5, 0.6) is 0 Å². The lowest BCUT2D eigenvalue weighted by molar-refractivity contribution is 0.198. The van der Waals surface area contributed by atoms with E-state index in [2.05, 4.69) is 14.9 Å². The first kappa shape index (κ1) is 10.2. The predicted octanol–water partition coefficient (Wildman–Crippen LogP) is 2.07.